The van der Waals surface area contributed by atoms with Crippen LogP contribution in [0.15, 0.2) is 77.3 Å². The number of sulfonamides is 1. The van der Waals surface area contributed by atoms with Gasteiger partial charge in [-0.2, -0.15) is 0 Å². The molecule has 0 radical (unpaired) electrons. The number of para-hydroxylation sites is 1. The number of rotatable bonds is 6. The van der Waals surface area contributed by atoms with E-state index in [-0.39, 0.29) is 31.2 Å². The van der Waals surface area contributed by atoms with E-state index in [2.05, 4.69) is 9.71 Å². The summed E-state index contributed by atoms with van der Waals surface area (Å²) in [6.45, 7) is 2.52. The number of piperazine rings is 1. The zero-order valence-electron chi connectivity index (χ0n) is 18.9. The van der Waals surface area contributed by atoms with Crippen LogP contribution in [0, 0.1) is 0 Å². The maximum Gasteiger partial charge on any atom is 0.263 e. The highest BCUT2D eigenvalue weighted by Crippen LogP contribution is 2.25. The molecular weight excluding hydrogens is 486 g/mol. The minimum absolute atomic E-state index is 0. The average Bonchev–Trinajstić information content (AvgIpc) is 3.53. The fraction of sp³-hybridized carbons (Fsp3) is 0.208. The Morgan fingerprint density at radius 1 is 1.11 bits per heavy atom. The Balaban J connectivity index is 0.00000190. The predicted octanol–water partition coefficient (Wildman–Crippen LogP) is 3.83. The quantitative estimate of drug-likeness (QED) is 0.422. The highest BCUT2D eigenvalue weighted by Gasteiger charge is 2.31. The first-order chi connectivity index (χ1) is 16.8. The first-order valence-electron chi connectivity index (χ1n) is 11.0. The van der Waals surface area contributed by atoms with E-state index in [1.165, 1.54) is 29.7 Å². The van der Waals surface area contributed by atoms with Crippen LogP contribution in [0.2, 0.25) is 0 Å². The predicted molar refractivity (Wildman–Crippen MR) is 139 cm³/mol. The topological polar surface area (TPSA) is 105 Å². The third-order valence-corrected chi connectivity index (χ3v) is 8.22. The molecule has 2 aromatic heterocycles. The summed E-state index contributed by atoms with van der Waals surface area (Å²) in [5, 5.41) is 3.02. The van der Waals surface area contributed by atoms with Gasteiger partial charge in [0, 0.05) is 44.9 Å². The third kappa shape index (κ3) is 4.52. The third-order valence-electron chi connectivity index (χ3n) is 6.05. The van der Waals surface area contributed by atoms with E-state index in [1.54, 1.807) is 27.3 Å². The molecule has 1 fully saturated rings. The zero-order valence-corrected chi connectivity index (χ0v) is 20.5. The van der Waals surface area contributed by atoms with Crippen LogP contribution in [0.1, 0.15) is 15.8 Å². The van der Waals surface area contributed by atoms with Crippen LogP contribution in [-0.4, -0.2) is 54.3 Å². The van der Waals surface area contributed by atoms with Crippen molar-refractivity contribution < 1.29 is 20.9 Å². The second-order valence-corrected chi connectivity index (χ2v) is 10.8. The number of hydrogen-bond acceptors (Lipinski definition) is 6. The second-order valence-electron chi connectivity index (χ2n) is 8.20. The number of carbonyl (C=O) groups is 2. The van der Waals surface area contributed by atoms with E-state index in [0.717, 1.165) is 10.9 Å². The standard InChI is InChI=1S/C24H23N5O4S2.2H2/c1-17(28-12-10-18-4-2-3-5-21(18)28)23(31)27-13-14-29(22(30)16-27)19-6-8-20(9-7-19)35(32,33)26-24-25-11-15-34-24;;/h2-12,15,17H,13-14,16H2,1H3,(H,25,26);2*1H/t17-;;/m1../s1. The SMILES string of the molecule is C[C@H](C(=O)N1CCN(c2ccc(S(=O)(=O)Nc3nccs3)cc2)C(=O)C1)n1ccc2ccccc21.[HH].[HH]. The largest absolute Gasteiger partial charge is 0.335 e. The van der Waals surface area contributed by atoms with Crippen molar-refractivity contribution in [2.45, 2.75) is 17.9 Å². The molecule has 2 amide bonds. The number of hydrogen-bond donors (Lipinski definition) is 1. The molecule has 0 saturated carbocycles. The Hall–Kier alpha value is -3.70. The number of anilines is 2. The molecule has 1 N–H and O–H groups in total. The van der Waals surface area contributed by atoms with E-state index in [9.17, 15) is 18.0 Å². The number of fused-ring (bicyclic) bond motifs is 1. The number of nitrogens with one attached hydrogen (secondary N) is 1. The lowest BCUT2D eigenvalue weighted by Crippen LogP contribution is -2.53. The van der Waals surface area contributed by atoms with Gasteiger partial charge in [-0.05, 0) is 48.7 Å². The van der Waals surface area contributed by atoms with Crippen molar-refractivity contribution in [1.29, 1.82) is 0 Å². The molecule has 3 heterocycles. The van der Waals surface area contributed by atoms with Gasteiger partial charge in [-0.25, -0.2) is 13.4 Å². The Kier molecular flexibility index (Phi) is 6.03. The molecule has 1 atom stereocenters. The van der Waals surface area contributed by atoms with Crippen LogP contribution in [0.25, 0.3) is 10.9 Å². The number of aromatic nitrogens is 2. The second kappa shape index (κ2) is 9.16. The maximum absolute atomic E-state index is 13.2. The van der Waals surface area contributed by atoms with E-state index in [1.807, 2.05) is 48.0 Å². The molecule has 0 bridgehead atoms. The van der Waals surface area contributed by atoms with E-state index in [4.69, 9.17) is 0 Å². The molecule has 0 aliphatic carbocycles. The van der Waals surface area contributed by atoms with Crippen molar-refractivity contribution in [1.82, 2.24) is 14.5 Å². The first-order valence-corrected chi connectivity index (χ1v) is 13.4. The van der Waals surface area contributed by atoms with Crippen LogP contribution >= 0.6 is 11.3 Å². The molecule has 1 saturated heterocycles. The lowest BCUT2D eigenvalue weighted by Gasteiger charge is -2.35. The van der Waals surface area contributed by atoms with Crippen molar-refractivity contribution >= 4 is 54.9 Å². The molecule has 0 spiro atoms. The van der Waals surface area contributed by atoms with Crippen LogP contribution in [-0.2, 0) is 19.6 Å². The summed E-state index contributed by atoms with van der Waals surface area (Å²) < 4.78 is 29.4. The smallest absolute Gasteiger partial charge is 0.263 e. The first kappa shape index (κ1) is 23.1. The molecule has 1 aliphatic heterocycles. The maximum atomic E-state index is 13.2. The van der Waals surface area contributed by atoms with Gasteiger partial charge in [0.25, 0.3) is 10.0 Å². The fourth-order valence-corrected chi connectivity index (χ4v) is 6.00. The lowest BCUT2D eigenvalue weighted by atomic mass is 10.2. The molecule has 5 rings (SSSR count). The van der Waals surface area contributed by atoms with Gasteiger partial charge in [-0.1, -0.05) is 18.2 Å². The summed E-state index contributed by atoms with van der Waals surface area (Å²) in [5.74, 6) is -0.334. The number of nitrogens with zero attached hydrogens (tertiary/aromatic N) is 4. The van der Waals surface area contributed by atoms with Crippen molar-refractivity contribution in [2.75, 3.05) is 29.3 Å². The number of thiazole rings is 1. The van der Waals surface area contributed by atoms with Crippen molar-refractivity contribution in [3.05, 3.63) is 72.4 Å². The van der Waals surface area contributed by atoms with Gasteiger partial charge in [0.1, 0.15) is 12.6 Å². The zero-order chi connectivity index (χ0) is 24.6. The molecule has 184 valence electrons. The molecule has 35 heavy (non-hydrogen) atoms. The average molecular weight is 514 g/mol. The summed E-state index contributed by atoms with van der Waals surface area (Å²) >= 11 is 1.19. The highest BCUT2D eigenvalue weighted by molar-refractivity contribution is 7.93. The van der Waals surface area contributed by atoms with Gasteiger partial charge in [-0.15, -0.1) is 11.3 Å². The van der Waals surface area contributed by atoms with Gasteiger partial charge in [0.15, 0.2) is 5.13 Å². The summed E-state index contributed by atoms with van der Waals surface area (Å²) in [6, 6.07) is 15.5. The molecule has 4 aromatic rings. The van der Waals surface area contributed by atoms with Gasteiger partial charge in [-0.3, -0.25) is 14.3 Å². The van der Waals surface area contributed by atoms with E-state index < -0.39 is 16.1 Å². The molecule has 11 heteroatoms. The van der Waals surface area contributed by atoms with E-state index >= 15 is 0 Å². The monoisotopic (exact) mass is 513 g/mol. The van der Waals surface area contributed by atoms with Crippen molar-refractivity contribution in [3.63, 3.8) is 0 Å². The highest BCUT2D eigenvalue weighted by atomic mass is 32.2. The molecule has 1 aliphatic rings. The van der Waals surface area contributed by atoms with Crippen LogP contribution in [0.5, 0.6) is 0 Å². The minimum Gasteiger partial charge on any atom is -0.335 e. The summed E-state index contributed by atoms with van der Waals surface area (Å²) in [5.41, 5.74) is 1.55. The Labute approximate surface area is 209 Å². The summed E-state index contributed by atoms with van der Waals surface area (Å²) in [7, 11) is -3.77. The normalized spacial score (nSPS) is 15.4. The van der Waals surface area contributed by atoms with Gasteiger partial charge >= 0.3 is 0 Å². The van der Waals surface area contributed by atoms with Gasteiger partial charge < -0.3 is 14.4 Å². The number of amides is 2. The lowest BCUT2D eigenvalue weighted by molar-refractivity contribution is -0.139. The van der Waals surface area contributed by atoms with Crippen molar-refractivity contribution in [2.24, 2.45) is 0 Å². The molecular formula is C24H27N5O4S2. The molecule has 9 nitrogen and oxygen atoms in total. The summed E-state index contributed by atoms with van der Waals surface area (Å²) in [4.78, 5) is 33.2. The van der Waals surface area contributed by atoms with Crippen LogP contribution in [0.4, 0.5) is 10.8 Å². The molecule has 2 aromatic carbocycles. The Bertz CT molecular complexity index is 1490. The Morgan fingerprint density at radius 3 is 2.60 bits per heavy atom. The van der Waals surface area contributed by atoms with Gasteiger partial charge in [0.05, 0.1) is 4.90 Å². The fourth-order valence-electron chi connectivity index (χ4n) is 4.21. The molecule has 0 unspecified atom stereocenters. The Morgan fingerprint density at radius 2 is 1.89 bits per heavy atom. The minimum atomic E-state index is -3.77. The summed E-state index contributed by atoms with van der Waals surface area (Å²) in [6.07, 6.45) is 3.41. The number of benzene rings is 2. The van der Waals surface area contributed by atoms with Crippen LogP contribution in [0.3, 0.4) is 0 Å². The van der Waals surface area contributed by atoms with E-state index in [0.29, 0.717) is 18.8 Å². The van der Waals surface area contributed by atoms with Crippen molar-refractivity contribution in [3.8, 4) is 0 Å². The van der Waals surface area contributed by atoms with Gasteiger partial charge in [0.2, 0.25) is 11.8 Å². The number of carbonyl (C=O) groups excluding carboxylic acids is 2. The van der Waals surface area contributed by atoms with Crippen LogP contribution < -0.4 is 9.62 Å².